The van der Waals surface area contributed by atoms with Gasteiger partial charge in [-0.05, 0) is 41.8 Å². The number of nitrogens with zero attached hydrogens (tertiary/aromatic N) is 2. The molecule has 0 spiro atoms. The van der Waals surface area contributed by atoms with E-state index in [0.717, 1.165) is 10.6 Å². The maximum absolute atomic E-state index is 11.9. The fraction of sp³-hybridized carbons (Fsp3) is 0. The molecule has 0 aliphatic carbocycles. The number of hydrogen-bond donors (Lipinski definition) is 2. The van der Waals surface area contributed by atoms with Crippen LogP contribution >= 0.6 is 11.3 Å². The molecular formula is C15H12N4O2S. The second-order valence-electron chi connectivity index (χ2n) is 4.24. The summed E-state index contributed by atoms with van der Waals surface area (Å²) in [5, 5.41) is 12.6. The third-order valence-electron chi connectivity index (χ3n) is 2.73. The normalized spacial score (nSPS) is 11.5. The molecule has 1 amide bonds. The van der Waals surface area contributed by atoms with E-state index < -0.39 is 0 Å². The van der Waals surface area contributed by atoms with E-state index >= 15 is 0 Å². The predicted molar refractivity (Wildman–Crippen MR) is 85.6 cm³/mol. The molecule has 3 aromatic heterocycles. The van der Waals surface area contributed by atoms with Crippen molar-refractivity contribution in [3.8, 4) is 10.6 Å². The smallest absolute Gasteiger partial charge is 0.291 e. The van der Waals surface area contributed by atoms with Gasteiger partial charge in [0, 0.05) is 6.21 Å². The summed E-state index contributed by atoms with van der Waals surface area (Å²) in [5.41, 5.74) is 3.50. The van der Waals surface area contributed by atoms with Crippen LogP contribution in [0.25, 0.3) is 16.6 Å². The molecule has 0 atom stereocenters. The Morgan fingerprint density at radius 2 is 2.36 bits per heavy atom. The zero-order chi connectivity index (χ0) is 15.2. The molecule has 3 heterocycles. The van der Waals surface area contributed by atoms with Gasteiger partial charge in [-0.3, -0.25) is 9.89 Å². The molecule has 0 saturated carbocycles. The van der Waals surface area contributed by atoms with Gasteiger partial charge in [0.25, 0.3) is 5.91 Å². The van der Waals surface area contributed by atoms with Gasteiger partial charge >= 0.3 is 0 Å². The van der Waals surface area contributed by atoms with Crippen molar-refractivity contribution in [2.75, 3.05) is 0 Å². The van der Waals surface area contributed by atoms with Gasteiger partial charge in [0.15, 0.2) is 5.69 Å². The SMILES string of the molecule is O=C(NN=CC=Cc1ccco1)c1cc(-c2cccs2)[nH]n1. The summed E-state index contributed by atoms with van der Waals surface area (Å²) in [6.45, 7) is 0. The Balaban J connectivity index is 1.56. The van der Waals surface area contributed by atoms with Gasteiger partial charge in [-0.25, -0.2) is 5.43 Å². The molecule has 0 aromatic carbocycles. The van der Waals surface area contributed by atoms with E-state index in [9.17, 15) is 4.79 Å². The lowest BCUT2D eigenvalue weighted by molar-refractivity contribution is 0.0950. The fourth-order valence-electron chi connectivity index (χ4n) is 1.72. The average molecular weight is 312 g/mol. The highest BCUT2D eigenvalue weighted by atomic mass is 32.1. The van der Waals surface area contributed by atoms with E-state index in [1.165, 1.54) is 6.21 Å². The van der Waals surface area contributed by atoms with Crippen LogP contribution in [-0.4, -0.2) is 22.3 Å². The van der Waals surface area contributed by atoms with Crippen molar-refractivity contribution >= 4 is 29.5 Å². The van der Waals surface area contributed by atoms with Crippen LogP contribution in [0.4, 0.5) is 0 Å². The summed E-state index contributed by atoms with van der Waals surface area (Å²) in [5.74, 6) is 0.340. The Kier molecular flexibility index (Phi) is 4.26. The summed E-state index contributed by atoms with van der Waals surface area (Å²) in [4.78, 5) is 12.9. The number of carbonyl (C=O) groups is 1. The molecule has 3 aromatic rings. The van der Waals surface area contributed by atoms with Gasteiger partial charge < -0.3 is 4.42 Å². The lowest BCUT2D eigenvalue weighted by atomic mass is 10.3. The van der Waals surface area contributed by atoms with E-state index in [4.69, 9.17) is 4.42 Å². The molecule has 0 bridgehead atoms. The molecular weight excluding hydrogens is 300 g/mol. The van der Waals surface area contributed by atoms with E-state index in [2.05, 4.69) is 20.7 Å². The summed E-state index contributed by atoms with van der Waals surface area (Å²) >= 11 is 1.57. The summed E-state index contributed by atoms with van der Waals surface area (Å²) < 4.78 is 5.12. The number of rotatable bonds is 5. The minimum Gasteiger partial charge on any atom is -0.465 e. The first kappa shape index (κ1) is 14.0. The standard InChI is InChI=1S/C15H12N4O2S/c20-15(19-16-7-1-4-11-5-2-8-21-11)13-10-12(17-18-13)14-6-3-9-22-14/h1-10H,(H,17,18)(H,19,20). The van der Waals surface area contributed by atoms with Crippen molar-refractivity contribution in [2.45, 2.75) is 0 Å². The van der Waals surface area contributed by atoms with Gasteiger partial charge in [-0.2, -0.15) is 10.2 Å². The van der Waals surface area contributed by atoms with Crippen LogP contribution in [0.5, 0.6) is 0 Å². The van der Waals surface area contributed by atoms with Crippen LogP contribution in [0.2, 0.25) is 0 Å². The topological polar surface area (TPSA) is 83.3 Å². The number of hydrogen-bond acceptors (Lipinski definition) is 5. The Morgan fingerprint density at radius 1 is 1.41 bits per heavy atom. The van der Waals surface area contributed by atoms with Gasteiger partial charge in [0.2, 0.25) is 0 Å². The second-order valence-corrected chi connectivity index (χ2v) is 5.19. The van der Waals surface area contributed by atoms with Crippen LogP contribution in [0.15, 0.2) is 57.6 Å². The minimum atomic E-state index is -0.373. The Bertz CT molecular complexity index is 786. The van der Waals surface area contributed by atoms with E-state index in [1.54, 1.807) is 41.9 Å². The molecule has 7 heteroatoms. The van der Waals surface area contributed by atoms with Gasteiger partial charge in [0.1, 0.15) is 5.76 Å². The van der Waals surface area contributed by atoms with Gasteiger partial charge in [-0.15, -0.1) is 11.3 Å². The number of aromatic nitrogens is 2. The number of nitrogens with one attached hydrogen (secondary N) is 2. The Labute approximate surface area is 130 Å². The quantitative estimate of drug-likeness (QED) is 0.560. The number of amides is 1. The number of furan rings is 1. The molecule has 2 N–H and O–H groups in total. The summed E-state index contributed by atoms with van der Waals surface area (Å²) in [7, 11) is 0. The monoisotopic (exact) mass is 312 g/mol. The van der Waals surface area contributed by atoms with Crippen molar-refractivity contribution in [3.05, 3.63) is 59.5 Å². The second kappa shape index (κ2) is 6.68. The molecule has 0 radical (unpaired) electrons. The number of thiophene rings is 1. The lowest BCUT2D eigenvalue weighted by Crippen LogP contribution is -2.17. The molecule has 0 aliphatic rings. The van der Waals surface area contributed by atoms with Crippen molar-refractivity contribution in [3.63, 3.8) is 0 Å². The molecule has 0 unspecified atom stereocenters. The Morgan fingerprint density at radius 3 is 3.14 bits per heavy atom. The molecule has 6 nitrogen and oxygen atoms in total. The lowest BCUT2D eigenvalue weighted by Gasteiger charge is -1.92. The zero-order valence-corrected chi connectivity index (χ0v) is 12.2. The average Bonchev–Trinajstić information content (AvgIpc) is 3.26. The van der Waals surface area contributed by atoms with E-state index in [0.29, 0.717) is 5.76 Å². The predicted octanol–water partition coefficient (Wildman–Crippen LogP) is 3.16. The minimum absolute atomic E-state index is 0.288. The van der Waals surface area contributed by atoms with Crippen LogP contribution < -0.4 is 5.43 Å². The van der Waals surface area contributed by atoms with Crippen molar-refractivity contribution in [2.24, 2.45) is 5.10 Å². The third kappa shape index (κ3) is 3.39. The summed E-state index contributed by atoms with van der Waals surface area (Å²) in [6.07, 6.45) is 6.45. The molecule has 22 heavy (non-hydrogen) atoms. The van der Waals surface area contributed by atoms with E-state index in [-0.39, 0.29) is 11.6 Å². The first-order valence-electron chi connectivity index (χ1n) is 6.46. The van der Waals surface area contributed by atoms with Crippen molar-refractivity contribution in [1.29, 1.82) is 0 Å². The highest BCUT2D eigenvalue weighted by Crippen LogP contribution is 2.22. The largest absolute Gasteiger partial charge is 0.465 e. The first-order valence-corrected chi connectivity index (χ1v) is 7.34. The van der Waals surface area contributed by atoms with Crippen LogP contribution in [0, 0.1) is 0 Å². The number of H-pyrrole nitrogens is 1. The molecule has 0 saturated heterocycles. The fourth-order valence-corrected chi connectivity index (χ4v) is 2.41. The molecule has 0 aliphatic heterocycles. The van der Waals surface area contributed by atoms with Crippen LogP contribution in [0.3, 0.4) is 0 Å². The highest BCUT2D eigenvalue weighted by Gasteiger charge is 2.10. The highest BCUT2D eigenvalue weighted by molar-refractivity contribution is 7.13. The number of carbonyl (C=O) groups excluding carboxylic acids is 1. The van der Waals surface area contributed by atoms with Crippen molar-refractivity contribution in [1.82, 2.24) is 15.6 Å². The van der Waals surface area contributed by atoms with Gasteiger partial charge in [0.05, 0.1) is 16.8 Å². The van der Waals surface area contributed by atoms with E-state index in [1.807, 2.05) is 23.6 Å². The van der Waals surface area contributed by atoms with Crippen LogP contribution in [-0.2, 0) is 0 Å². The maximum Gasteiger partial charge on any atom is 0.291 e. The third-order valence-corrected chi connectivity index (χ3v) is 3.63. The number of hydrazone groups is 1. The number of allylic oxidation sites excluding steroid dienone is 1. The molecule has 110 valence electrons. The zero-order valence-electron chi connectivity index (χ0n) is 11.4. The maximum atomic E-state index is 11.9. The Hall–Kier alpha value is -2.93. The molecule has 0 fully saturated rings. The van der Waals surface area contributed by atoms with Crippen LogP contribution in [0.1, 0.15) is 16.2 Å². The van der Waals surface area contributed by atoms with Gasteiger partial charge in [-0.1, -0.05) is 6.07 Å². The first-order chi connectivity index (χ1) is 10.8. The van der Waals surface area contributed by atoms with Crippen molar-refractivity contribution < 1.29 is 9.21 Å². The molecule has 3 rings (SSSR count). The summed E-state index contributed by atoms with van der Waals surface area (Å²) in [6, 6.07) is 9.20. The number of aromatic amines is 1.